The highest BCUT2D eigenvalue weighted by Gasteiger charge is 2.23. The van der Waals surface area contributed by atoms with Crippen LogP contribution in [0.3, 0.4) is 0 Å². The van der Waals surface area contributed by atoms with Gasteiger partial charge in [-0.25, -0.2) is 8.42 Å². The number of benzene rings is 2. The first kappa shape index (κ1) is 23.0. The van der Waals surface area contributed by atoms with Gasteiger partial charge in [0.1, 0.15) is 11.5 Å². The molecular weight excluding hydrogens is 440 g/mol. The van der Waals surface area contributed by atoms with Crippen LogP contribution in [0.4, 0.5) is 11.4 Å². The SMILES string of the molecule is COc1cc(NC(=O)CCS(=O)(=O)c2ccc3c(c2)NC(=O)C(C)CS3)cc(OC)c1. The van der Waals surface area contributed by atoms with Crippen LogP contribution in [0, 0.1) is 5.92 Å². The molecule has 1 aliphatic heterocycles. The van der Waals surface area contributed by atoms with Gasteiger partial charge in [-0.05, 0) is 18.2 Å². The second-order valence-corrected chi connectivity index (χ2v) is 10.2. The molecule has 0 saturated heterocycles. The predicted octanol–water partition coefficient (Wildman–Crippen LogP) is 3.19. The van der Waals surface area contributed by atoms with E-state index < -0.39 is 15.7 Å². The maximum atomic E-state index is 12.8. The molecule has 0 fully saturated rings. The quantitative estimate of drug-likeness (QED) is 0.647. The van der Waals surface area contributed by atoms with Crippen LogP contribution in [0.15, 0.2) is 46.2 Å². The minimum absolute atomic E-state index is 0.0672. The van der Waals surface area contributed by atoms with Gasteiger partial charge in [-0.15, -0.1) is 11.8 Å². The number of amides is 2. The van der Waals surface area contributed by atoms with Gasteiger partial charge < -0.3 is 20.1 Å². The molecule has 0 spiro atoms. The molecule has 3 rings (SSSR count). The Bertz CT molecular complexity index is 1080. The molecule has 1 heterocycles. The highest BCUT2D eigenvalue weighted by atomic mass is 32.2. The highest BCUT2D eigenvalue weighted by molar-refractivity contribution is 7.99. The lowest BCUT2D eigenvalue weighted by Crippen LogP contribution is -2.20. The minimum atomic E-state index is -3.72. The number of fused-ring (bicyclic) bond motifs is 1. The molecular formula is C21H24N2O6S2. The number of hydrogen-bond donors (Lipinski definition) is 2. The number of nitrogens with one attached hydrogen (secondary N) is 2. The Balaban J connectivity index is 1.68. The van der Waals surface area contributed by atoms with Crippen molar-refractivity contribution in [2.75, 3.05) is 36.4 Å². The Hall–Kier alpha value is -2.72. The fourth-order valence-electron chi connectivity index (χ4n) is 2.92. The predicted molar refractivity (Wildman–Crippen MR) is 120 cm³/mol. The maximum Gasteiger partial charge on any atom is 0.228 e. The molecule has 0 aliphatic carbocycles. The number of methoxy groups -OCH3 is 2. The van der Waals surface area contributed by atoms with Gasteiger partial charge in [-0.2, -0.15) is 0 Å². The van der Waals surface area contributed by atoms with Gasteiger partial charge in [0, 0.05) is 46.9 Å². The molecule has 2 aromatic rings. The van der Waals surface area contributed by atoms with E-state index in [1.165, 1.54) is 38.1 Å². The summed E-state index contributed by atoms with van der Waals surface area (Å²) in [5.41, 5.74) is 0.922. The van der Waals surface area contributed by atoms with Crippen LogP contribution in [0.1, 0.15) is 13.3 Å². The summed E-state index contributed by atoms with van der Waals surface area (Å²) in [6, 6.07) is 9.54. The van der Waals surface area contributed by atoms with Crippen molar-refractivity contribution in [1.82, 2.24) is 0 Å². The first-order chi connectivity index (χ1) is 14.7. The molecule has 166 valence electrons. The molecule has 2 N–H and O–H groups in total. The van der Waals surface area contributed by atoms with Crippen LogP contribution in [-0.4, -0.2) is 46.0 Å². The minimum Gasteiger partial charge on any atom is -0.497 e. The van der Waals surface area contributed by atoms with Crippen LogP contribution in [0.2, 0.25) is 0 Å². The van der Waals surface area contributed by atoms with E-state index >= 15 is 0 Å². The molecule has 0 aromatic heterocycles. The number of rotatable bonds is 7. The van der Waals surface area contributed by atoms with Crippen LogP contribution in [0.25, 0.3) is 0 Å². The first-order valence-electron chi connectivity index (χ1n) is 9.55. The van der Waals surface area contributed by atoms with E-state index in [1.54, 1.807) is 24.3 Å². The Morgan fingerprint density at radius 1 is 1.16 bits per heavy atom. The normalized spacial score (nSPS) is 16.0. The third-order valence-corrected chi connectivity index (χ3v) is 7.78. The molecule has 10 heteroatoms. The van der Waals surface area contributed by atoms with Gasteiger partial charge in [0.25, 0.3) is 0 Å². The van der Waals surface area contributed by atoms with Crippen LogP contribution in [-0.2, 0) is 19.4 Å². The molecule has 0 bridgehead atoms. The molecule has 2 aromatic carbocycles. The summed E-state index contributed by atoms with van der Waals surface area (Å²) in [6.45, 7) is 1.82. The van der Waals surface area contributed by atoms with E-state index in [0.29, 0.717) is 28.6 Å². The van der Waals surface area contributed by atoms with Crippen molar-refractivity contribution in [3.05, 3.63) is 36.4 Å². The molecule has 0 radical (unpaired) electrons. The van der Waals surface area contributed by atoms with E-state index in [1.807, 2.05) is 6.92 Å². The fraction of sp³-hybridized carbons (Fsp3) is 0.333. The molecule has 1 unspecified atom stereocenters. The van der Waals surface area contributed by atoms with Crippen molar-refractivity contribution in [3.8, 4) is 11.5 Å². The monoisotopic (exact) mass is 464 g/mol. The fourth-order valence-corrected chi connectivity index (χ4v) is 5.19. The van der Waals surface area contributed by atoms with E-state index in [2.05, 4.69) is 10.6 Å². The summed E-state index contributed by atoms with van der Waals surface area (Å²) in [5, 5.41) is 5.44. The lowest BCUT2D eigenvalue weighted by atomic mass is 10.2. The van der Waals surface area contributed by atoms with Crippen molar-refractivity contribution in [1.29, 1.82) is 0 Å². The Morgan fingerprint density at radius 3 is 2.48 bits per heavy atom. The molecule has 1 atom stereocenters. The van der Waals surface area contributed by atoms with Gasteiger partial charge in [0.15, 0.2) is 9.84 Å². The van der Waals surface area contributed by atoms with E-state index in [-0.39, 0.29) is 28.9 Å². The number of sulfone groups is 1. The molecule has 8 nitrogen and oxygen atoms in total. The Morgan fingerprint density at radius 2 is 1.84 bits per heavy atom. The number of thioether (sulfide) groups is 1. The van der Waals surface area contributed by atoms with Crippen molar-refractivity contribution in [3.63, 3.8) is 0 Å². The lowest BCUT2D eigenvalue weighted by Gasteiger charge is -2.11. The zero-order valence-electron chi connectivity index (χ0n) is 17.4. The summed E-state index contributed by atoms with van der Waals surface area (Å²) < 4.78 is 35.9. The van der Waals surface area contributed by atoms with E-state index in [4.69, 9.17) is 9.47 Å². The van der Waals surface area contributed by atoms with Gasteiger partial charge in [-0.1, -0.05) is 6.92 Å². The molecule has 0 saturated carbocycles. The Kier molecular flexibility index (Phi) is 7.11. The zero-order chi connectivity index (χ0) is 22.6. The average molecular weight is 465 g/mol. The van der Waals surface area contributed by atoms with E-state index in [9.17, 15) is 18.0 Å². The van der Waals surface area contributed by atoms with Crippen molar-refractivity contribution >= 4 is 44.8 Å². The standard InChI is InChI=1S/C21H24N2O6S2/c1-13-12-30-19-5-4-17(11-18(19)23-21(13)25)31(26,27)7-6-20(24)22-14-8-15(28-2)10-16(9-14)29-3/h4-5,8-11,13H,6-7,12H2,1-3H3,(H,22,24)(H,23,25). The molecule has 2 amide bonds. The van der Waals surface area contributed by atoms with Crippen molar-refractivity contribution in [2.24, 2.45) is 5.92 Å². The second-order valence-electron chi connectivity index (χ2n) is 7.08. The Labute approximate surface area is 185 Å². The number of hydrogen-bond acceptors (Lipinski definition) is 7. The van der Waals surface area contributed by atoms with Gasteiger partial charge >= 0.3 is 0 Å². The number of ether oxygens (including phenoxy) is 2. The summed E-state index contributed by atoms with van der Waals surface area (Å²) >= 11 is 1.50. The van der Waals surface area contributed by atoms with Crippen molar-refractivity contribution in [2.45, 2.75) is 23.1 Å². The summed E-state index contributed by atoms with van der Waals surface area (Å²) in [4.78, 5) is 25.3. The lowest BCUT2D eigenvalue weighted by molar-refractivity contribution is -0.118. The molecule has 1 aliphatic rings. The third-order valence-electron chi connectivity index (χ3n) is 4.74. The number of carbonyl (C=O) groups excluding carboxylic acids is 2. The highest BCUT2D eigenvalue weighted by Crippen LogP contribution is 2.34. The van der Waals surface area contributed by atoms with Gasteiger partial charge in [0.05, 0.1) is 30.6 Å². The average Bonchev–Trinajstić information content (AvgIpc) is 2.89. The summed E-state index contributed by atoms with van der Waals surface area (Å²) in [5.74, 6) is 0.496. The van der Waals surface area contributed by atoms with E-state index in [0.717, 1.165) is 4.90 Å². The molecule has 31 heavy (non-hydrogen) atoms. The van der Waals surface area contributed by atoms with Crippen LogP contribution >= 0.6 is 11.8 Å². The second kappa shape index (κ2) is 9.61. The number of carbonyl (C=O) groups is 2. The topological polar surface area (TPSA) is 111 Å². The number of anilines is 2. The summed E-state index contributed by atoms with van der Waals surface area (Å²) in [7, 11) is -0.730. The van der Waals surface area contributed by atoms with Crippen molar-refractivity contribution < 1.29 is 27.5 Å². The van der Waals surface area contributed by atoms with Gasteiger partial charge in [-0.3, -0.25) is 9.59 Å². The smallest absolute Gasteiger partial charge is 0.228 e. The van der Waals surface area contributed by atoms with Crippen LogP contribution in [0.5, 0.6) is 11.5 Å². The largest absolute Gasteiger partial charge is 0.497 e. The zero-order valence-corrected chi connectivity index (χ0v) is 19.1. The maximum absolute atomic E-state index is 12.8. The summed E-state index contributed by atoms with van der Waals surface area (Å²) in [6.07, 6.45) is -0.225. The third kappa shape index (κ3) is 5.71. The first-order valence-corrected chi connectivity index (χ1v) is 12.2. The van der Waals surface area contributed by atoms with Crippen LogP contribution < -0.4 is 20.1 Å². The van der Waals surface area contributed by atoms with Gasteiger partial charge in [0.2, 0.25) is 11.8 Å².